The van der Waals surface area contributed by atoms with Crippen LogP contribution in [0.4, 0.5) is 5.82 Å². The Labute approximate surface area is 167 Å². The van der Waals surface area contributed by atoms with Crippen LogP contribution in [-0.2, 0) is 4.74 Å². The minimum Gasteiger partial charge on any atom is -0.379 e. The first-order valence-corrected chi connectivity index (χ1v) is 10.8. The molecule has 3 aliphatic rings. The summed E-state index contributed by atoms with van der Waals surface area (Å²) < 4.78 is 5.45. The molecular formula is C21H33N5O2. The van der Waals surface area contributed by atoms with Gasteiger partial charge in [-0.2, -0.15) is 0 Å². The lowest BCUT2D eigenvalue weighted by molar-refractivity contribution is 0.00158. The first-order chi connectivity index (χ1) is 13.7. The Morgan fingerprint density at radius 1 is 1.11 bits per heavy atom. The molecule has 154 valence electrons. The Hall–Kier alpha value is -1.70. The van der Waals surface area contributed by atoms with Gasteiger partial charge in [0.2, 0.25) is 0 Å². The van der Waals surface area contributed by atoms with Crippen molar-refractivity contribution in [2.45, 2.75) is 31.7 Å². The topological polar surface area (TPSA) is 74.9 Å². The number of carbonyl (C=O) groups excluding carboxylic acids is 1. The van der Waals surface area contributed by atoms with Crippen LogP contribution in [0.3, 0.4) is 0 Å². The zero-order valence-corrected chi connectivity index (χ0v) is 16.8. The molecule has 0 spiro atoms. The first-order valence-electron chi connectivity index (χ1n) is 10.8. The molecule has 0 aliphatic carbocycles. The fraction of sp³-hybridized carbons (Fsp3) is 0.714. The van der Waals surface area contributed by atoms with E-state index in [1.165, 1.54) is 6.42 Å². The van der Waals surface area contributed by atoms with E-state index in [2.05, 4.69) is 14.8 Å². The number of carbonyl (C=O) groups is 1. The van der Waals surface area contributed by atoms with Crippen molar-refractivity contribution in [1.82, 2.24) is 14.8 Å². The van der Waals surface area contributed by atoms with E-state index >= 15 is 0 Å². The van der Waals surface area contributed by atoms with Gasteiger partial charge in [0.05, 0.1) is 18.8 Å². The highest BCUT2D eigenvalue weighted by atomic mass is 16.5. The summed E-state index contributed by atoms with van der Waals surface area (Å²) in [7, 11) is 0. The van der Waals surface area contributed by atoms with Crippen LogP contribution in [0.25, 0.3) is 0 Å². The van der Waals surface area contributed by atoms with Crippen LogP contribution >= 0.6 is 0 Å². The zero-order chi connectivity index (χ0) is 19.3. The van der Waals surface area contributed by atoms with Gasteiger partial charge in [-0.25, -0.2) is 4.98 Å². The number of amides is 1. The molecular weight excluding hydrogens is 354 g/mol. The van der Waals surface area contributed by atoms with Crippen molar-refractivity contribution in [3.63, 3.8) is 0 Å². The van der Waals surface area contributed by atoms with Crippen molar-refractivity contribution in [3.05, 3.63) is 23.9 Å². The molecule has 28 heavy (non-hydrogen) atoms. The molecule has 2 N–H and O–H groups in total. The van der Waals surface area contributed by atoms with E-state index in [9.17, 15) is 4.79 Å². The lowest BCUT2D eigenvalue weighted by atomic mass is 9.98. The number of hydrogen-bond donors (Lipinski definition) is 1. The molecule has 7 nitrogen and oxygen atoms in total. The van der Waals surface area contributed by atoms with Gasteiger partial charge in [0, 0.05) is 51.5 Å². The summed E-state index contributed by atoms with van der Waals surface area (Å²) in [6.45, 7) is 8.07. The van der Waals surface area contributed by atoms with Crippen LogP contribution in [0.1, 0.15) is 36.0 Å². The van der Waals surface area contributed by atoms with Gasteiger partial charge >= 0.3 is 0 Å². The number of aromatic nitrogens is 1. The molecule has 4 heterocycles. The molecule has 1 aromatic heterocycles. The lowest BCUT2D eigenvalue weighted by Crippen LogP contribution is -2.50. The zero-order valence-electron chi connectivity index (χ0n) is 16.8. The van der Waals surface area contributed by atoms with Crippen molar-refractivity contribution in [1.29, 1.82) is 0 Å². The largest absolute Gasteiger partial charge is 0.379 e. The minimum absolute atomic E-state index is 0.109. The van der Waals surface area contributed by atoms with Crippen LogP contribution in [-0.4, -0.2) is 85.8 Å². The van der Waals surface area contributed by atoms with Crippen LogP contribution in [0.2, 0.25) is 0 Å². The summed E-state index contributed by atoms with van der Waals surface area (Å²) in [4.78, 5) is 24.3. The number of anilines is 1. The van der Waals surface area contributed by atoms with Crippen LogP contribution < -0.4 is 10.6 Å². The van der Waals surface area contributed by atoms with Gasteiger partial charge < -0.3 is 20.3 Å². The summed E-state index contributed by atoms with van der Waals surface area (Å²) in [5, 5.41) is 0. The summed E-state index contributed by atoms with van der Waals surface area (Å²) >= 11 is 0. The number of ether oxygens (including phenoxy) is 1. The Balaban J connectivity index is 1.31. The fourth-order valence-corrected chi connectivity index (χ4v) is 4.72. The molecule has 0 radical (unpaired) electrons. The van der Waals surface area contributed by atoms with Gasteiger partial charge in [0.15, 0.2) is 0 Å². The highest BCUT2D eigenvalue weighted by molar-refractivity contribution is 5.94. The SMILES string of the molecule is NC[C@@H]1CCCN(c2ccc(C(=O)N3CCC(N4CCOCC4)CC3)cn2)C1. The highest BCUT2D eigenvalue weighted by Crippen LogP contribution is 2.23. The van der Waals surface area contributed by atoms with Gasteiger partial charge in [0.25, 0.3) is 5.91 Å². The number of likely N-dealkylation sites (tertiary alicyclic amines) is 1. The molecule has 4 rings (SSSR count). The minimum atomic E-state index is 0.109. The first kappa shape index (κ1) is 19.6. The Morgan fingerprint density at radius 2 is 1.89 bits per heavy atom. The normalized spacial score (nSPS) is 25.1. The second kappa shape index (κ2) is 9.20. The fourth-order valence-electron chi connectivity index (χ4n) is 4.72. The lowest BCUT2D eigenvalue weighted by Gasteiger charge is -2.40. The van der Waals surface area contributed by atoms with E-state index in [1.807, 2.05) is 17.0 Å². The molecule has 3 aliphatic heterocycles. The van der Waals surface area contributed by atoms with E-state index in [1.54, 1.807) is 6.20 Å². The van der Waals surface area contributed by atoms with Crippen molar-refractivity contribution in [2.75, 3.05) is 63.9 Å². The molecule has 3 saturated heterocycles. The molecule has 0 unspecified atom stereocenters. The quantitative estimate of drug-likeness (QED) is 0.837. The number of hydrogen-bond acceptors (Lipinski definition) is 6. The van der Waals surface area contributed by atoms with Crippen molar-refractivity contribution in [3.8, 4) is 0 Å². The van der Waals surface area contributed by atoms with E-state index in [0.717, 1.165) is 84.1 Å². The molecule has 1 amide bonds. The van der Waals surface area contributed by atoms with Crippen molar-refractivity contribution >= 4 is 11.7 Å². The number of pyridine rings is 1. The maximum Gasteiger partial charge on any atom is 0.255 e. The molecule has 3 fully saturated rings. The van der Waals surface area contributed by atoms with Crippen LogP contribution in [0.5, 0.6) is 0 Å². The van der Waals surface area contributed by atoms with Gasteiger partial charge in [-0.05, 0) is 50.3 Å². The van der Waals surface area contributed by atoms with Gasteiger partial charge in [0.1, 0.15) is 5.82 Å². The molecule has 1 aromatic rings. The second-order valence-electron chi connectivity index (χ2n) is 8.27. The third-order valence-electron chi connectivity index (χ3n) is 6.48. The van der Waals surface area contributed by atoms with Gasteiger partial charge in [-0.15, -0.1) is 0 Å². The molecule has 0 saturated carbocycles. The second-order valence-corrected chi connectivity index (χ2v) is 8.27. The summed E-state index contributed by atoms with van der Waals surface area (Å²) in [5.74, 6) is 1.61. The average molecular weight is 388 g/mol. The average Bonchev–Trinajstić information content (AvgIpc) is 2.79. The summed E-state index contributed by atoms with van der Waals surface area (Å²) in [5.41, 5.74) is 6.54. The molecule has 0 aromatic carbocycles. The van der Waals surface area contributed by atoms with Crippen LogP contribution in [0.15, 0.2) is 18.3 Å². The highest BCUT2D eigenvalue weighted by Gasteiger charge is 2.28. The Kier molecular flexibility index (Phi) is 6.44. The Bertz CT molecular complexity index is 639. The number of piperidine rings is 2. The molecule has 0 bridgehead atoms. The summed E-state index contributed by atoms with van der Waals surface area (Å²) in [6, 6.07) is 4.51. The third-order valence-corrected chi connectivity index (χ3v) is 6.48. The van der Waals surface area contributed by atoms with E-state index < -0.39 is 0 Å². The Morgan fingerprint density at radius 3 is 2.57 bits per heavy atom. The number of rotatable bonds is 4. The smallest absolute Gasteiger partial charge is 0.255 e. The molecule has 7 heteroatoms. The number of nitrogens with two attached hydrogens (primary N) is 1. The van der Waals surface area contributed by atoms with Crippen LogP contribution in [0, 0.1) is 5.92 Å². The standard InChI is InChI=1S/C21H33N5O2/c22-14-17-2-1-7-26(16-17)20-4-3-18(15-23-20)21(27)25-8-5-19(6-9-25)24-10-12-28-13-11-24/h3-4,15,17,19H,1-2,5-14,16,22H2/t17-/m0/s1. The third kappa shape index (κ3) is 4.47. The van der Waals surface area contributed by atoms with E-state index in [4.69, 9.17) is 10.5 Å². The number of morpholine rings is 1. The van der Waals surface area contributed by atoms with E-state index in [-0.39, 0.29) is 5.91 Å². The van der Waals surface area contributed by atoms with Gasteiger partial charge in [-0.3, -0.25) is 9.69 Å². The number of nitrogens with zero attached hydrogens (tertiary/aromatic N) is 4. The van der Waals surface area contributed by atoms with E-state index in [0.29, 0.717) is 17.5 Å². The monoisotopic (exact) mass is 387 g/mol. The van der Waals surface area contributed by atoms with Crippen molar-refractivity contribution < 1.29 is 9.53 Å². The predicted molar refractivity (Wildman–Crippen MR) is 110 cm³/mol. The maximum atomic E-state index is 12.9. The summed E-state index contributed by atoms with van der Waals surface area (Å²) in [6.07, 6.45) is 6.20. The maximum absolute atomic E-state index is 12.9. The van der Waals surface area contributed by atoms with Crippen molar-refractivity contribution in [2.24, 2.45) is 11.7 Å². The van der Waals surface area contributed by atoms with Gasteiger partial charge in [-0.1, -0.05) is 0 Å². The molecule has 1 atom stereocenters. The predicted octanol–water partition coefficient (Wildman–Crippen LogP) is 1.19.